The van der Waals surface area contributed by atoms with Crippen LogP contribution in [0.3, 0.4) is 0 Å². The Kier molecular flexibility index (Phi) is 6.23. The van der Waals surface area contributed by atoms with Gasteiger partial charge in [-0.1, -0.05) is 23.9 Å². The highest BCUT2D eigenvalue weighted by atomic mass is 32.2. The summed E-state index contributed by atoms with van der Waals surface area (Å²) < 4.78 is 17.9. The molecule has 0 aliphatic heterocycles. The third kappa shape index (κ3) is 5.16. The van der Waals surface area contributed by atoms with Crippen molar-refractivity contribution in [1.82, 2.24) is 5.32 Å². The second-order valence-corrected chi connectivity index (χ2v) is 5.94. The molecule has 2 aromatic carbocycles. The molecule has 0 saturated heterocycles. The van der Waals surface area contributed by atoms with Gasteiger partial charge in [-0.3, -0.25) is 0 Å². The van der Waals surface area contributed by atoms with Gasteiger partial charge < -0.3 is 10.1 Å². The maximum absolute atomic E-state index is 12.9. The Morgan fingerprint density at radius 3 is 2.57 bits per heavy atom. The average Bonchev–Trinajstić information content (AvgIpc) is 2.48. The summed E-state index contributed by atoms with van der Waals surface area (Å²) in [6.45, 7) is 4.51. The van der Waals surface area contributed by atoms with Crippen molar-refractivity contribution in [1.29, 1.82) is 0 Å². The van der Waals surface area contributed by atoms with E-state index in [1.807, 2.05) is 0 Å². The lowest BCUT2D eigenvalue weighted by molar-refractivity contribution is 0.199. The second kappa shape index (κ2) is 8.17. The molecule has 21 heavy (non-hydrogen) atoms. The highest BCUT2D eigenvalue weighted by Gasteiger charge is 2.03. The molecule has 0 fully saturated rings. The van der Waals surface area contributed by atoms with Gasteiger partial charge in [-0.2, -0.15) is 0 Å². The van der Waals surface area contributed by atoms with Crippen molar-refractivity contribution in [2.75, 3.05) is 20.3 Å². The Bertz CT molecular complexity index is 572. The van der Waals surface area contributed by atoms with Crippen LogP contribution >= 0.6 is 11.8 Å². The molecule has 0 bridgehead atoms. The van der Waals surface area contributed by atoms with Crippen LogP contribution in [0.2, 0.25) is 0 Å². The standard InChI is InChI=1S/C17H20FNOS/c1-13-11-14(12-19-9-10-20-2)3-8-17(13)21-16-6-4-15(18)5-7-16/h3-8,11,19H,9-10,12H2,1-2H3. The first-order valence-electron chi connectivity index (χ1n) is 6.91. The fraction of sp³-hybridized carbons (Fsp3) is 0.294. The first kappa shape index (κ1) is 16.0. The Morgan fingerprint density at radius 2 is 1.90 bits per heavy atom. The molecular weight excluding hydrogens is 285 g/mol. The highest BCUT2D eigenvalue weighted by molar-refractivity contribution is 7.99. The number of aryl methyl sites for hydroxylation is 1. The van der Waals surface area contributed by atoms with Gasteiger partial charge in [-0.25, -0.2) is 4.39 Å². The predicted octanol–water partition coefficient (Wildman–Crippen LogP) is 4.02. The van der Waals surface area contributed by atoms with Gasteiger partial charge in [0.25, 0.3) is 0 Å². The number of rotatable bonds is 7. The van der Waals surface area contributed by atoms with Gasteiger partial charge in [-0.15, -0.1) is 0 Å². The Hall–Kier alpha value is -1.36. The maximum Gasteiger partial charge on any atom is 0.123 e. The van der Waals surface area contributed by atoms with Crippen molar-refractivity contribution in [3.05, 3.63) is 59.4 Å². The van der Waals surface area contributed by atoms with E-state index < -0.39 is 0 Å². The molecule has 0 unspecified atom stereocenters. The summed E-state index contributed by atoms with van der Waals surface area (Å²) in [6.07, 6.45) is 0. The summed E-state index contributed by atoms with van der Waals surface area (Å²) in [6, 6.07) is 13.0. The zero-order chi connectivity index (χ0) is 15.1. The Morgan fingerprint density at radius 1 is 1.14 bits per heavy atom. The van der Waals surface area contributed by atoms with E-state index in [0.717, 1.165) is 24.6 Å². The van der Waals surface area contributed by atoms with Gasteiger partial charge in [0.05, 0.1) is 6.61 Å². The number of halogens is 1. The first-order chi connectivity index (χ1) is 10.2. The van der Waals surface area contributed by atoms with Crippen molar-refractivity contribution in [2.45, 2.75) is 23.3 Å². The summed E-state index contributed by atoms with van der Waals surface area (Å²) in [5.41, 5.74) is 2.49. The van der Waals surface area contributed by atoms with Gasteiger partial charge >= 0.3 is 0 Å². The monoisotopic (exact) mass is 305 g/mol. The van der Waals surface area contributed by atoms with Gasteiger partial charge in [0.15, 0.2) is 0 Å². The lowest BCUT2D eigenvalue weighted by atomic mass is 10.1. The number of benzene rings is 2. The van der Waals surface area contributed by atoms with E-state index in [0.29, 0.717) is 0 Å². The van der Waals surface area contributed by atoms with Crippen LogP contribution < -0.4 is 5.32 Å². The molecule has 0 atom stereocenters. The molecular formula is C17H20FNOS. The smallest absolute Gasteiger partial charge is 0.123 e. The lowest BCUT2D eigenvalue weighted by Crippen LogP contribution is -2.18. The molecule has 2 rings (SSSR count). The maximum atomic E-state index is 12.9. The number of hydrogen-bond acceptors (Lipinski definition) is 3. The Balaban J connectivity index is 1.97. The van der Waals surface area contributed by atoms with Crippen molar-refractivity contribution >= 4 is 11.8 Å². The molecule has 0 aromatic heterocycles. The molecule has 0 heterocycles. The van der Waals surface area contributed by atoms with Crippen LogP contribution in [0, 0.1) is 12.7 Å². The highest BCUT2D eigenvalue weighted by Crippen LogP contribution is 2.30. The second-order valence-electron chi connectivity index (χ2n) is 4.83. The number of methoxy groups -OCH3 is 1. The van der Waals surface area contributed by atoms with E-state index in [2.05, 4.69) is 30.4 Å². The largest absolute Gasteiger partial charge is 0.383 e. The van der Waals surface area contributed by atoms with Crippen LogP contribution in [0.4, 0.5) is 4.39 Å². The minimum Gasteiger partial charge on any atom is -0.383 e. The summed E-state index contributed by atoms with van der Waals surface area (Å²) in [7, 11) is 1.70. The zero-order valence-electron chi connectivity index (χ0n) is 12.4. The molecule has 2 nitrogen and oxygen atoms in total. The number of nitrogens with one attached hydrogen (secondary N) is 1. The number of hydrogen-bond donors (Lipinski definition) is 1. The zero-order valence-corrected chi connectivity index (χ0v) is 13.2. The molecule has 0 radical (unpaired) electrons. The van der Waals surface area contributed by atoms with E-state index >= 15 is 0 Å². The molecule has 0 aliphatic carbocycles. The van der Waals surface area contributed by atoms with E-state index in [4.69, 9.17) is 4.74 Å². The molecule has 1 N–H and O–H groups in total. The SMILES string of the molecule is COCCNCc1ccc(Sc2ccc(F)cc2)c(C)c1. The Labute approximate surface area is 129 Å². The molecule has 0 spiro atoms. The average molecular weight is 305 g/mol. The van der Waals surface area contributed by atoms with Crippen molar-refractivity contribution < 1.29 is 9.13 Å². The van der Waals surface area contributed by atoms with E-state index in [9.17, 15) is 4.39 Å². The molecule has 2 aromatic rings. The topological polar surface area (TPSA) is 21.3 Å². The lowest BCUT2D eigenvalue weighted by Gasteiger charge is -2.09. The molecule has 0 aliphatic rings. The summed E-state index contributed by atoms with van der Waals surface area (Å²) >= 11 is 1.66. The summed E-state index contributed by atoms with van der Waals surface area (Å²) in [5, 5.41) is 3.33. The van der Waals surface area contributed by atoms with Gasteiger partial charge in [-0.05, 0) is 48.4 Å². The van der Waals surface area contributed by atoms with Crippen LogP contribution in [0.15, 0.2) is 52.3 Å². The van der Waals surface area contributed by atoms with E-state index in [1.54, 1.807) is 31.0 Å². The third-order valence-corrected chi connectivity index (χ3v) is 4.28. The van der Waals surface area contributed by atoms with Crippen LogP contribution in [0.1, 0.15) is 11.1 Å². The normalized spacial score (nSPS) is 10.8. The molecule has 0 saturated carbocycles. The first-order valence-corrected chi connectivity index (χ1v) is 7.73. The fourth-order valence-corrected chi connectivity index (χ4v) is 2.85. The van der Waals surface area contributed by atoms with Crippen LogP contribution in [-0.2, 0) is 11.3 Å². The van der Waals surface area contributed by atoms with Gasteiger partial charge in [0.2, 0.25) is 0 Å². The van der Waals surface area contributed by atoms with Gasteiger partial charge in [0, 0.05) is 30.0 Å². The molecule has 112 valence electrons. The van der Waals surface area contributed by atoms with Crippen molar-refractivity contribution in [3.8, 4) is 0 Å². The van der Waals surface area contributed by atoms with Crippen LogP contribution in [-0.4, -0.2) is 20.3 Å². The molecule has 0 amide bonds. The van der Waals surface area contributed by atoms with Crippen LogP contribution in [0.5, 0.6) is 0 Å². The quantitative estimate of drug-likeness (QED) is 0.781. The summed E-state index contributed by atoms with van der Waals surface area (Å²) in [4.78, 5) is 2.24. The molecule has 4 heteroatoms. The van der Waals surface area contributed by atoms with Crippen LogP contribution in [0.25, 0.3) is 0 Å². The van der Waals surface area contributed by atoms with Crippen molar-refractivity contribution in [3.63, 3.8) is 0 Å². The summed E-state index contributed by atoms with van der Waals surface area (Å²) in [5.74, 6) is -0.200. The van der Waals surface area contributed by atoms with Crippen molar-refractivity contribution in [2.24, 2.45) is 0 Å². The fourth-order valence-electron chi connectivity index (χ4n) is 1.97. The van der Waals surface area contributed by atoms with E-state index in [1.165, 1.54) is 28.2 Å². The van der Waals surface area contributed by atoms with E-state index in [-0.39, 0.29) is 5.82 Å². The number of ether oxygens (including phenoxy) is 1. The minimum absolute atomic E-state index is 0.200. The minimum atomic E-state index is -0.200. The third-order valence-electron chi connectivity index (χ3n) is 3.09. The van der Waals surface area contributed by atoms with Gasteiger partial charge in [0.1, 0.15) is 5.82 Å². The predicted molar refractivity (Wildman–Crippen MR) is 85.3 cm³/mol.